The average molecular weight is 272 g/mol. The highest BCUT2D eigenvalue weighted by atomic mass is 14.1. The van der Waals surface area contributed by atoms with Gasteiger partial charge >= 0.3 is 0 Å². The van der Waals surface area contributed by atoms with Crippen LogP contribution < -0.4 is 0 Å². The number of rotatable bonds is 3. The fourth-order valence-electron chi connectivity index (χ4n) is 2.84. The molecule has 21 heavy (non-hydrogen) atoms. The van der Waals surface area contributed by atoms with Gasteiger partial charge in [0.15, 0.2) is 0 Å². The van der Waals surface area contributed by atoms with Crippen LogP contribution in [0.1, 0.15) is 22.3 Å². The minimum Gasteiger partial charge on any atom is -0.0622 e. The molecule has 0 saturated carbocycles. The zero-order valence-corrected chi connectivity index (χ0v) is 12.6. The molecule has 0 radical (unpaired) electrons. The minimum atomic E-state index is 0.978. The van der Waals surface area contributed by atoms with E-state index in [1.54, 1.807) is 0 Å². The number of hydrogen-bond donors (Lipinski definition) is 0. The maximum Gasteiger partial charge on any atom is -0.00195 e. The van der Waals surface area contributed by atoms with Gasteiger partial charge in [-0.3, -0.25) is 0 Å². The Balaban J connectivity index is 2.11. The lowest BCUT2D eigenvalue weighted by Crippen LogP contribution is -1.97. The quantitative estimate of drug-likeness (QED) is 0.585. The third kappa shape index (κ3) is 2.90. The summed E-state index contributed by atoms with van der Waals surface area (Å²) >= 11 is 0. The van der Waals surface area contributed by atoms with Crippen molar-refractivity contribution >= 4 is 0 Å². The molecular weight excluding hydrogens is 252 g/mol. The molecule has 0 heteroatoms. The molecule has 104 valence electrons. The van der Waals surface area contributed by atoms with Crippen LogP contribution >= 0.6 is 0 Å². The highest BCUT2D eigenvalue weighted by Gasteiger charge is 2.10. The molecule has 0 fully saturated rings. The number of aryl methyl sites for hydroxylation is 1. The molecule has 0 unspecified atom stereocenters. The van der Waals surface area contributed by atoms with Gasteiger partial charge in [-0.2, -0.15) is 0 Å². The molecule has 0 aliphatic rings. The summed E-state index contributed by atoms with van der Waals surface area (Å²) in [5, 5.41) is 0. The van der Waals surface area contributed by atoms with E-state index in [1.807, 2.05) is 0 Å². The van der Waals surface area contributed by atoms with Gasteiger partial charge in [-0.05, 0) is 53.6 Å². The summed E-state index contributed by atoms with van der Waals surface area (Å²) in [5.74, 6) is 0. The summed E-state index contributed by atoms with van der Waals surface area (Å²) in [7, 11) is 0. The second kappa shape index (κ2) is 5.97. The van der Waals surface area contributed by atoms with E-state index >= 15 is 0 Å². The summed E-state index contributed by atoms with van der Waals surface area (Å²) < 4.78 is 0. The highest BCUT2D eigenvalue weighted by Crippen LogP contribution is 2.31. The van der Waals surface area contributed by atoms with E-state index in [9.17, 15) is 0 Å². The maximum absolute atomic E-state index is 2.28. The fourth-order valence-corrected chi connectivity index (χ4v) is 2.84. The van der Waals surface area contributed by atoms with Gasteiger partial charge in [-0.1, -0.05) is 72.8 Å². The molecule has 0 saturated heterocycles. The zero-order valence-electron chi connectivity index (χ0n) is 12.6. The van der Waals surface area contributed by atoms with Crippen LogP contribution in [0.2, 0.25) is 0 Å². The molecule has 0 spiro atoms. The van der Waals surface area contributed by atoms with Crippen molar-refractivity contribution in [3.63, 3.8) is 0 Å². The van der Waals surface area contributed by atoms with Crippen molar-refractivity contribution in [3.05, 3.63) is 95.1 Å². The molecule has 0 aromatic heterocycles. The van der Waals surface area contributed by atoms with Crippen LogP contribution in [0.25, 0.3) is 11.1 Å². The second-order valence-corrected chi connectivity index (χ2v) is 5.57. The lowest BCUT2D eigenvalue weighted by molar-refractivity contribution is 1.17. The largest absolute Gasteiger partial charge is 0.0622 e. The molecule has 0 aliphatic heterocycles. The summed E-state index contributed by atoms with van der Waals surface area (Å²) in [6.07, 6.45) is 0.978. The van der Waals surface area contributed by atoms with Crippen molar-refractivity contribution in [2.45, 2.75) is 20.3 Å². The van der Waals surface area contributed by atoms with E-state index < -0.39 is 0 Å². The van der Waals surface area contributed by atoms with Gasteiger partial charge in [0.05, 0.1) is 0 Å². The van der Waals surface area contributed by atoms with Crippen molar-refractivity contribution in [1.82, 2.24) is 0 Å². The van der Waals surface area contributed by atoms with Gasteiger partial charge in [0.1, 0.15) is 0 Å². The third-order valence-electron chi connectivity index (χ3n) is 4.12. The molecule has 0 nitrogen and oxygen atoms in total. The first-order valence-corrected chi connectivity index (χ1v) is 7.44. The van der Waals surface area contributed by atoms with E-state index in [2.05, 4.69) is 86.6 Å². The summed E-state index contributed by atoms with van der Waals surface area (Å²) in [6.45, 7) is 4.42. The molecule has 0 atom stereocenters. The number of benzene rings is 3. The molecule has 3 aromatic rings. The van der Waals surface area contributed by atoms with Crippen LogP contribution in [0.3, 0.4) is 0 Å². The first kappa shape index (κ1) is 13.6. The van der Waals surface area contributed by atoms with E-state index in [1.165, 1.54) is 33.4 Å². The second-order valence-electron chi connectivity index (χ2n) is 5.57. The highest BCUT2D eigenvalue weighted by molar-refractivity contribution is 5.72. The van der Waals surface area contributed by atoms with Crippen LogP contribution in [-0.4, -0.2) is 0 Å². The fraction of sp³-hybridized carbons (Fsp3) is 0.143. The summed E-state index contributed by atoms with van der Waals surface area (Å²) in [6, 6.07) is 25.9. The Morgan fingerprint density at radius 2 is 1.29 bits per heavy atom. The molecule has 0 heterocycles. The van der Waals surface area contributed by atoms with Crippen molar-refractivity contribution in [3.8, 4) is 11.1 Å². The predicted molar refractivity (Wildman–Crippen MR) is 90.6 cm³/mol. The Hall–Kier alpha value is -2.34. The Morgan fingerprint density at radius 3 is 1.95 bits per heavy atom. The van der Waals surface area contributed by atoms with E-state index in [4.69, 9.17) is 0 Å². The smallest absolute Gasteiger partial charge is 0.00195 e. The van der Waals surface area contributed by atoms with Gasteiger partial charge < -0.3 is 0 Å². The molecule has 3 aromatic carbocycles. The predicted octanol–water partition coefficient (Wildman–Crippen LogP) is 5.56. The van der Waals surface area contributed by atoms with Crippen LogP contribution in [0.15, 0.2) is 72.8 Å². The zero-order chi connectivity index (χ0) is 14.7. The van der Waals surface area contributed by atoms with Gasteiger partial charge in [0.2, 0.25) is 0 Å². The average Bonchev–Trinajstić information content (AvgIpc) is 2.53. The Kier molecular flexibility index (Phi) is 3.87. The van der Waals surface area contributed by atoms with Crippen molar-refractivity contribution in [1.29, 1.82) is 0 Å². The molecular formula is C21H20. The molecule has 0 aliphatic carbocycles. The van der Waals surface area contributed by atoms with Gasteiger partial charge in [-0.25, -0.2) is 0 Å². The van der Waals surface area contributed by atoms with E-state index in [-0.39, 0.29) is 0 Å². The number of hydrogen-bond acceptors (Lipinski definition) is 0. The Morgan fingerprint density at radius 1 is 0.667 bits per heavy atom. The summed E-state index contributed by atoms with van der Waals surface area (Å²) in [4.78, 5) is 0. The van der Waals surface area contributed by atoms with Crippen LogP contribution in [0.5, 0.6) is 0 Å². The Bertz CT molecular complexity index is 725. The first-order chi connectivity index (χ1) is 10.3. The summed E-state index contributed by atoms with van der Waals surface area (Å²) in [5.41, 5.74) is 8.19. The molecule has 0 bridgehead atoms. The van der Waals surface area contributed by atoms with Gasteiger partial charge in [-0.15, -0.1) is 0 Å². The lowest BCUT2D eigenvalue weighted by Gasteiger charge is -2.15. The SMILES string of the molecule is Cc1ccc(Cc2ccccc2)c(-c2ccccc2)c1C. The van der Waals surface area contributed by atoms with Crippen molar-refractivity contribution in [2.24, 2.45) is 0 Å². The standard InChI is InChI=1S/C21H20/c1-16-13-14-20(15-18-9-5-3-6-10-18)21(17(16)2)19-11-7-4-8-12-19/h3-14H,15H2,1-2H3. The van der Waals surface area contributed by atoms with Gasteiger partial charge in [0, 0.05) is 0 Å². The molecule has 0 N–H and O–H groups in total. The van der Waals surface area contributed by atoms with E-state index in [0.29, 0.717) is 0 Å². The van der Waals surface area contributed by atoms with Crippen molar-refractivity contribution < 1.29 is 0 Å². The minimum absolute atomic E-state index is 0.978. The van der Waals surface area contributed by atoms with Crippen LogP contribution in [-0.2, 0) is 6.42 Å². The lowest BCUT2D eigenvalue weighted by atomic mass is 9.89. The monoisotopic (exact) mass is 272 g/mol. The third-order valence-corrected chi connectivity index (χ3v) is 4.12. The Labute approximate surface area is 127 Å². The topological polar surface area (TPSA) is 0 Å². The van der Waals surface area contributed by atoms with Gasteiger partial charge in [0.25, 0.3) is 0 Å². The van der Waals surface area contributed by atoms with Crippen LogP contribution in [0.4, 0.5) is 0 Å². The normalized spacial score (nSPS) is 10.6. The van der Waals surface area contributed by atoms with Crippen LogP contribution in [0, 0.1) is 13.8 Å². The van der Waals surface area contributed by atoms with Crippen molar-refractivity contribution in [2.75, 3.05) is 0 Å². The molecule has 0 amide bonds. The molecule has 3 rings (SSSR count). The first-order valence-electron chi connectivity index (χ1n) is 7.44. The maximum atomic E-state index is 2.28. The van der Waals surface area contributed by atoms with E-state index in [0.717, 1.165) is 6.42 Å².